The van der Waals surface area contributed by atoms with Crippen molar-refractivity contribution in [3.8, 4) is 11.4 Å². The van der Waals surface area contributed by atoms with Crippen molar-refractivity contribution in [2.24, 2.45) is 7.05 Å². The van der Waals surface area contributed by atoms with Crippen LogP contribution in [0.15, 0.2) is 60.9 Å². The standard InChI is InChI=1S/C23H23FN6OS/c1-15-3-5-17(6-4-15)21-27-28-23(32)30(21)13-11-19(31)26-20(22-25-12-14-29(22)2)16-7-9-18(24)10-8-16/h3-10,12,14,20H,11,13H2,1-2H3,(H,26,31)(H,28,32)/t20-/m1/s1. The third kappa shape index (κ3) is 4.67. The van der Waals surface area contributed by atoms with Crippen LogP contribution in [0.25, 0.3) is 11.4 Å². The maximum absolute atomic E-state index is 13.4. The molecule has 2 aromatic heterocycles. The van der Waals surface area contributed by atoms with E-state index in [0.717, 1.165) is 16.7 Å². The van der Waals surface area contributed by atoms with Gasteiger partial charge >= 0.3 is 0 Å². The van der Waals surface area contributed by atoms with Crippen LogP contribution in [0.4, 0.5) is 4.39 Å². The lowest BCUT2D eigenvalue weighted by Gasteiger charge is -2.19. The molecule has 7 nitrogen and oxygen atoms in total. The molecule has 2 heterocycles. The number of carbonyl (C=O) groups is 1. The van der Waals surface area contributed by atoms with Crippen LogP contribution >= 0.6 is 12.2 Å². The molecule has 32 heavy (non-hydrogen) atoms. The van der Waals surface area contributed by atoms with Crippen molar-refractivity contribution in [3.05, 3.63) is 88.5 Å². The van der Waals surface area contributed by atoms with E-state index in [-0.39, 0.29) is 18.1 Å². The van der Waals surface area contributed by atoms with E-state index in [1.54, 1.807) is 24.5 Å². The Hall–Kier alpha value is -3.59. The number of benzene rings is 2. The number of H-pyrrole nitrogens is 1. The first-order chi connectivity index (χ1) is 15.4. The minimum atomic E-state index is -0.503. The monoisotopic (exact) mass is 450 g/mol. The van der Waals surface area contributed by atoms with Crippen LogP contribution < -0.4 is 5.32 Å². The highest BCUT2D eigenvalue weighted by Gasteiger charge is 2.21. The summed E-state index contributed by atoms with van der Waals surface area (Å²) in [5.41, 5.74) is 2.81. The second kappa shape index (κ2) is 9.27. The van der Waals surface area contributed by atoms with Crippen molar-refractivity contribution in [2.75, 3.05) is 0 Å². The Kier molecular flexibility index (Phi) is 6.27. The maximum Gasteiger partial charge on any atom is 0.222 e. The van der Waals surface area contributed by atoms with Crippen molar-refractivity contribution in [1.82, 2.24) is 29.6 Å². The number of rotatable bonds is 7. The van der Waals surface area contributed by atoms with E-state index in [4.69, 9.17) is 12.2 Å². The summed E-state index contributed by atoms with van der Waals surface area (Å²) in [6.07, 6.45) is 3.65. The van der Waals surface area contributed by atoms with Gasteiger partial charge in [-0.15, -0.1) is 0 Å². The van der Waals surface area contributed by atoms with Crippen LogP contribution in [0, 0.1) is 17.5 Å². The Labute approximate surface area is 189 Å². The topological polar surface area (TPSA) is 80.5 Å². The van der Waals surface area contributed by atoms with Gasteiger partial charge in [0.05, 0.1) is 0 Å². The Morgan fingerprint density at radius 3 is 2.56 bits per heavy atom. The second-order valence-electron chi connectivity index (χ2n) is 7.57. The lowest BCUT2D eigenvalue weighted by Crippen LogP contribution is -2.31. The van der Waals surface area contributed by atoms with Gasteiger partial charge in [0.2, 0.25) is 5.91 Å². The summed E-state index contributed by atoms with van der Waals surface area (Å²) in [4.78, 5) is 17.3. The van der Waals surface area contributed by atoms with Crippen LogP contribution in [0.3, 0.4) is 0 Å². The minimum Gasteiger partial charge on any atom is -0.342 e. The van der Waals surface area contributed by atoms with E-state index in [0.29, 0.717) is 23.0 Å². The first-order valence-corrected chi connectivity index (χ1v) is 10.6. The van der Waals surface area contributed by atoms with Gasteiger partial charge in [0, 0.05) is 38.0 Å². The molecule has 0 spiro atoms. The van der Waals surface area contributed by atoms with Crippen LogP contribution in [-0.4, -0.2) is 30.2 Å². The normalized spacial score (nSPS) is 12.0. The van der Waals surface area contributed by atoms with Crippen LogP contribution in [0.2, 0.25) is 0 Å². The number of imidazole rings is 1. The molecule has 0 radical (unpaired) electrons. The Morgan fingerprint density at radius 2 is 1.91 bits per heavy atom. The molecule has 0 fully saturated rings. The van der Waals surface area contributed by atoms with Gasteiger partial charge in [0.15, 0.2) is 10.6 Å². The predicted molar refractivity (Wildman–Crippen MR) is 122 cm³/mol. The smallest absolute Gasteiger partial charge is 0.222 e. The van der Waals surface area contributed by atoms with Crippen molar-refractivity contribution in [3.63, 3.8) is 0 Å². The molecule has 1 atom stereocenters. The van der Waals surface area contributed by atoms with Gasteiger partial charge < -0.3 is 9.88 Å². The molecule has 0 aliphatic rings. The SMILES string of the molecule is Cc1ccc(-c2n[nH]c(=S)n2CCC(=O)N[C@H](c2ccc(F)cc2)c2nccn2C)cc1. The Morgan fingerprint density at radius 1 is 1.19 bits per heavy atom. The zero-order valence-electron chi connectivity index (χ0n) is 17.7. The Balaban J connectivity index is 1.52. The third-order valence-electron chi connectivity index (χ3n) is 5.26. The van der Waals surface area contributed by atoms with Crippen LogP contribution in [0.5, 0.6) is 0 Å². The first-order valence-electron chi connectivity index (χ1n) is 10.2. The number of hydrogen-bond donors (Lipinski definition) is 2. The molecular formula is C23H23FN6OS. The zero-order chi connectivity index (χ0) is 22.7. The number of nitrogens with one attached hydrogen (secondary N) is 2. The highest BCUT2D eigenvalue weighted by Crippen LogP contribution is 2.22. The van der Waals surface area contributed by atoms with Crippen molar-refractivity contribution in [2.45, 2.75) is 25.9 Å². The highest BCUT2D eigenvalue weighted by molar-refractivity contribution is 7.71. The molecule has 0 unspecified atom stereocenters. The maximum atomic E-state index is 13.4. The average Bonchev–Trinajstić information content (AvgIpc) is 3.37. The largest absolute Gasteiger partial charge is 0.342 e. The molecule has 2 N–H and O–H groups in total. The molecule has 0 aliphatic carbocycles. The molecule has 4 aromatic rings. The fraction of sp³-hybridized carbons (Fsp3) is 0.217. The van der Waals surface area contributed by atoms with Crippen molar-refractivity contribution >= 4 is 18.1 Å². The number of halogens is 1. The number of carbonyl (C=O) groups excluding carboxylic acids is 1. The van der Waals surface area contributed by atoms with E-state index < -0.39 is 6.04 Å². The summed E-state index contributed by atoms with van der Waals surface area (Å²) >= 11 is 5.37. The van der Waals surface area contributed by atoms with Crippen LogP contribution in [0.1, 0.15) is 29.4 Å². The molecule has 0 saturated carbocycles. The predicted octanol–water partition coefficient (Wildman–Crippen LogP) is 4.08. The number of nitrogens with zero attached hydrogens (tertiary/aromatic N) is 4. The molecule has 9 heteroatoms. The van der Waals surface area contributed by atoms with E-state index in [1.165, 1.54) is 12.1 Å². The summed E-state index contributed by atoms with van der Waals surface area (Å²) in [7, 11) is 1.85. The highest BCUT2D eigenvalue weighted by atomic mass is 32.1. The lowest BCUT2D eigenvalue weighted by molar-refractivity contribution is -0.121. The average molecular weight is 451 g/mol. The molecule has 0 aliphatic heterocycles. The van der Waals surface area contributed by atoms with Crippen molar-refractivity contribution < 1.29 is 9.18 Å². The second-order valence-corrected chi connectivity index (χ2v) is 7.96. The quantitative estimate of drug-likeness (QED) is 0.416. The number of aromatic amines is 1. The molecular weight excluding hydrogens is 427 g/mol. The summed E-state index contributed by atoms with van der Waals surface area (Å²) in [5.74, 6) is 0.823. The molecule has 1 amide bonds. The third-order valence-corrected chi connectivity index (χ3v) is 5.57. The van der Waals surface area contributed by atoms with Gasteiger partial charge in [0.25, 0.3) is 0 Å². The van der Waals surface area contributed by atoms with E-state index in [1.807, 2.05) is 47.4 Å². The van der Waals surface area contributed by atoms with E-state index >= 15 is 0 Å². The van der Waals surface area contributed by atoms with E-state index in [9.17, 15) is 9.18 Å². The van der Waals surface area contributed by atoms with Gasteiger partial charge in [-0.25, -0.2) is 9.37 Å². The molecule has 0 bridgehead atoms. The summed E-state index contributed by atoms with van der Waals surface area (Å²) in [6.45, 7) is 2.38. The number of aromatic nitrogens is 5. The van der Waals surface area contributed by atoms with Gasteiger partial charge in [0.1, 0.15) is 17.7 Å². The number of amides is 1. The zero-order valence-corrected chi connectivity index (χ0v) is 18.6. The molecule has 164 valence electrons. The summed E-state index contributed by atoms with van der Waals surface area (Å²) < 4.78 is 17.5. The van der Waals surface area contributed by atoms with Gasteiger partial charge in [-0.3, -0.25) is 14.5 Å². The van der Waals surface area contributed by atoms with Gasteiger partial charge in [-0.1, -0.05) is 42.0 Å². The molecule has 2 aromatic carbocycles. The molecule has 4 rings (SSSR count). The van der Waals surface area contributed by atoms with Gasteiger partial charge in [-0.2, -0.15) is 5.10 Å². The van der Waals surface area contributed by atoms with Crippen LogP contribution in [-0.2, 0) is 18.4 Å². The fourth-order valence-electron chi connectivity index (χ4n) is 3.50. The number of aryl methyl sites for hydroxylation is 2. The first kappa shape index (κ1) is 21.6. The molecule has 0 saturated heterocycles. The summed E-state index contributed by atoms with van der Waals surface area (Å²) in [6, 6.07) is 13.5. The minimum absolute atomic E-state index is 0.180. The van der Waals surface area contributed by atoms with Crippen molar-refractivity contribution in [1.29, 1.82) is 0 Å². The number of hydrogen-bond acceptors (Lipinski definition) is 4. The fourth-order valence-corrected chi connectivity index (χ4v) is 3.73. The van der Waals surface area contributed by atoms with E-state index in [2.05, 4.69) is 20.5 Å². The summed E-state index contributed by atoms with van der Waals surface area (Å²) in [5, 5.41) is 10.2. The lowest BCUT2D eigenvalue weighted by atomic mass is 10.1. The van der Waals surface area contributed by atoms with Gasteiger partial charge in [-0.05, 0) is 36.8 Å². The Bertz CT molecular complexity index is 1270.